The van der Waals surface area contributed by atoms with Gasteiger partial charge in [0.2, 0.25) is 0 Å². The van der Waals surface area contributed by atoms with Crippen molar-refractivity contribution in [1.82, 2.24) is 9.78 Å². The maximum atomic E-state index is 5.25. The molecule has 0 spiro atoms. The normalized spacial score (nSPS) is 10.9. The molecule has 2 rings (SSSR count). The van der Waals surface area contributed by atoms with Gasteiger partial charge in [-0.2, -0.15) is 5.10 Å². The van der Waals surface area contributed by atoms with Crippen molar-refractivity contribution >= 4 is 21.6 Å². The van der Waals surface area contributed by atoms with Crippen molar-refractivity contribution in [2.45, 2.75) is 39.3 Å². The summed E-state index contributed by atoms with van der Waals surface area (Å²) in [5.41, 5.74) is 2.04. The lowest BCUT2D eigenvalue weighted by Gasteiger charge is -2.12. The molecule has 0 aliphatic rings. The molecule has 1 aromatic carbocycles. The third-order valence-electron chi connectivity index (χ3n) is 3.61. The highest BCUT2D eigenvalue weighted by Crippen LogP contribution is 2.27. The SMILES string of the molecule is CCC(CC)n1ccc(CNc2cc(OC)ccc2Br)n1. The second-order valence-corrected chi connectivity index (χ2v) is 5.81. The van der Waals surface area contributed by atoms with Crippen LogP contribution in [0.15, 0.2) is 34.9 Å². The predicted molar refractivity (Wildman–Crippen MR) is 89.9 cm³/mol. The molecule has 0 radical (unpaired) electrons. The zero-order valence-corrected chi connectivity index (χ0v) is 14.4. The summed E-state index contributed by atoms with van der Waals surface area (Å²) in [6.07, 6.45) is 4.27. The van der Waals surface area contributed by atoms with Gasteiger partial charge in [-0.05, 0) is 47.0 Å². The van der Waals surface area contributed by atoms with Crippen LogP contribution in [-0.4, -0.2) is 16.9 Å². The highest BCUT2D eigenvalue weighted by Gasteiger charge is 2.08. The highest BCUT2D eigenvalue weighted by atomic mass is 79.9. The quantitative estimate of drug-likeness (QED) is 0.790. The fourth-order valence-corrected chi connectivity index (χ4v) is 2.68. The number of methoxy groups -OCH3 is 1. The molecule has 0 unspecified atom stereocenters. The van der Waals surface area contributed by atoms with E-state index in [0.717, 1.165) is 34.4 Å². The number of aromatic nitrogens is 2. The average molecular weight is 352 g/mol. The van der Waals surface area contributed by atoms with Gasteiger partial charge in [0.25, 0.3) is 0 Å². The summed E-state index contributed by atoms with van der Waals surface area (Å²) in [6.45, 7) is 5.08. The van der Waals surface area contributed by atoms with Crippen LogP contribution in [0.5, 0.6) is 5.75 Å². The summed E-state index contributed by atoms with van der Waals surface area (Å²) in [7, 11) is 1.67. The Balaban J connectivity index is 2.03. The van der Waals surface area contributed by atoms with Crippen molar-refractivity contribution in [3.63, 3.8) is 0 Å². The molecular weight excluding hydrogens is 330 g/mol. The molecule has 0 saturated heterocycles. The third kappa shape index (κ3) is 4.00. The Bertz CT molecular complexity index is 579. The second kappa shape index (κ2) is 7.50. The third-order valence-corrected chi connectivity index (χ3v) is 4.31. The van der Waals surface area contributed by atoms with E-state index >= 15 is 0 Å². The van der Waals surface area contributed by atoms with Crippen molar-refractivity contribution in [2.24, 2.45) is 0 Å². The van der Waals surface area contributed by atoms with E-state index in [2.05, 4.69) is 57.1 Å². The Labute approximate surface area is 134 Å². The van der Waals surface area contributed by atoms with Crippen molar-refractivity contribution < 1.29 is 4.74 Å². The number of rotatable bonds is 7. The maximum Gasteiger partial charge on any atom is 0.121 e. The first-order valence-electron chi connectivity index (χ1n) is 7.29. The molecule has 0 bridgehead atoms. The van der Waals surface area contributed by atoms with Crippen LogP contribution in [0.4, 0.5) is 5.69 Å². The summed E-state index contributed by atoms with van der Waals surface area (Å²) in [5.74, 6) is 0.836. The minimum atomic E-state index is 0.488. The fraction of sp³-hybridized carbons (Fsp3) is 0.438. The first-order valence-corrected chi connectivity index (χ1v) is 8.08. The Morgan fingerprint density at radius 2 is 2.05 bits per heavy atom. The monoisotopic (exact) mass is 351 g/mol. The molecule has 0 atom stereocenters. The summed E-state index contributed by atoms with van der Waals surface area (Å²) >= 11 is 3.54. The second-order valence-electron chi connectivity index (χ2n) is 4.96. The van der Waals surface area contributed by atoms with Gasteiger partial charge < -0.3 is 10.1 Å². The number of nitrogens with zero attached hydrogens (tertiary/aromatic N) is 2. The lowest BCUT2D eigenvalue weighted by molar-refractivity contribution is 0.415. The van der Waals surface area contributed by atoms with E-state index in [1.165, 1.54) is 0 Å². The largest absolute Gasteiger partial charge is 0.497 e. The zero-order chi connectivity index (χ0) is 15.2. The number of hydrogen-bond donors (Lipinski definition) is 1. The average Bonchev–Trinajstić information content (AvgIpc) is 2.96. The Kier molecular flexibility index (Phi) is 5.67. The Morgan fingerprint density at radius 3 is 2.71 bits per heavy atom. The van der Waals surface area contributed by atoms with E-state index in [1.807, 2.05) is 18.2 Å². The number of halogens is 1. The van der Waals surface area contributed by atoms with E-state index in [9.17, 15) is 0 Å². The highest BCUT2D eigenvalue weighted by molar-refractivity contribution is 9.10. The standard InChI is InChI=1S/C16H22BrN3O/c1-4-13(5-2)20-9-8-12(19-20)11-18-16-10-14(21-3)6-7-15(16)17/h6-10,13,18H,4-5,11H2,1-3H3. The smallest absolute Gasteiger partial charge is 0.121 e. The van der Waals surface area contributed by atoms with E-state index in [1.54, 1.807) is 7.11 Å². The molecule has 0 saturated carbocycles. The van der Waals surface area contributed by atoms with Crippen LogP contribution in [0.2, 0.25) is 0 Å². The van der Waals surface area contributed by atoms with Crippen LogP contribution in [0.1, 0.15) is 38.4 Å². The van der Waals surface area contributed by atoms with Crippen LogP contribution in [0, 0.1) is 0 Å². The molecule has 5 heteroatoms. The number of anilines is 1. The number of ether oxygens (including phenoxy) is 1. The van der Waals surface area contributed by atoms with Crippen molar-refractivity contribution in [2.75, 3.05) is 12.4 Å². The van der Waals surface area contributed by atoms with Crippen molar-refractivity contribution in [3.8, 4) is 5.75 Å². The van der Waals surface area contributed by atoms with Gasteiger partial charge >= 0.3 is 0 Å². The molecule has 0 amide bonds. The van der Waals surface area contributed by atoms with Gasteiger partial charge in [-0.1, -0.05) is 13.8 Å². The van der Waals surface area contributed by atoms with Crippen LogP contribution >= 0.6 is 15.9 Å². The summed E-state index contributed by atoms with van der Waals surface area (Å²) in [4.78, 5) is 0. The molecule has 0 aliphatic heterocycles. The van der Waals surface area contributed by atoms with E-state index < -0.39 is 0 Å². The lowest BCUT2D eigenvalue weighted by atomic mass is 10.2. The van der Waals surface area contributed by atoms with Gasteiger partial charge in [-0.15, -0.1) is 0 Å². The number of benzene rings is 1. The summed E-state index contributed by atoms with van der Waals surface area (Å²) in [5, 5.41) is 8.04. The van der Waals surface area contributed by atoms with Crippen LogP contribution < -0.4 is 10.1 Å². The minimum absolute atomic E-state index is 0.488. The van der Waals surface area contributed by atoms with Gasteiger partial charge in [-0.3, -0.25) is 4.68 Å². The van der Waals surface area contributed by atoms with Crippen LogP contribution in [0.25, 0.3) is 0 Å². The molecule has 21 heavy (non-hydrogen) atoms. The molecule has 1 aromatic heterocycles. The molecule has 1 N–H and O–H groups in total. The Morgan fingerprint density at radius 1 is 1.29 bits per heavy atom. The molecular formula is C16H22BrN3O. The van der Waals surface area contributed by atoms with Crippen LogP contribution in [0.3, 0.4) is 0 Å². The molecule has 2 aromatic rings. The molecule has 0 fully saturated rings. The van der Waals surface area contributed by atoms with Gasteiger partial charge in [0.15, 0.2) is 0 Å². The van der Waals surface area contributed by atoms with Gasteiger partial charge in [0.05, 0.1) is 31.1 Å². The Hall–Kier alpha value is -1.49. The van der Waals surface area contributed by atoms with Crippen molar-refractivity contribution in [1.29, 1.82) is 0 Å². The van der Waals surface area contributed by atoms with Crippen LogP contribution in [-0.2, 0) is 6.54 Å². The van der Waals surface area contributed by atoms with Gasteiger partial charge in [-0.25, -0.2) is 0 Å². The molecule has 0 aliphatic carbocycles. The van der Waals surface area contributed by atoms with Crippen molar-refractivity contribution in [3.05, 3.63) is 40.6 Å². The fourth-order valence-electron chi connectivity index (χ4n) is 2.29. The summed E-state index contributed by atoms with van der Waals surface area (Å²) < 4.78 is 8.33. The van der Waals surface area contributed by atoms with E-state index in [0.29, 0.717) is 12.6 Å². The topological polar surface area (TPSA) is 39.1 Å². The van der Waals surface area contributed by atoms with Gasteiger partial charge in [0.1, 0.15) is 5.75 Å². The van der Waals surface area contributed by atoms with Gasteiger partial charge in [0, 0.05) is 16.7 Å². The predicted octanol–water partition coefficient (Wildman–Crippen LogP) is 4.63. The lowest BCUT2D eigenvalue weighted by Crippen LogP contribution is -2.09. The minimum Gasteiger partial charge on any atom is -0.497 e. The summed E-state index contributed by atoms with van der Waals surface area (Å²) in [6, 6.07) is 8.44. The number of nitrogens with one attached hydrogen (secondary N) is 1. The number of hydrogen-bond acceptors (Lipinski definition) is 3. The molecule has 1 heterocycles. The molecule has 4 nitrogen and oxygen atoms in total. The first-order chi connectivity index (χ1) is 10.2. The maximum absolute atomic E-state index is 5.25. The zero-order valence-electron chi connectivity index (χ0n) is 12.8. The first kappa shape index (κ1) is 15.9. The van der Waals surface area contributed by atoms with E-state index in [-0.39, 0.29) is 0 Å². The molecule has 114 valence electrons. The van der Waals surface area contributed by atoms with E-state index in [4.69, 9.17) is 4.74 Å².